The summed E-state index contributed by atoms with van der Waals surface area (Å²) < 4.78 is 24.4. The van der Waals surface area contributed by atoms with Crippen molar-refractivity contribution in [3.63, 3.8) is 0 Å². The Labute approximate surface area is 219 Å². The van der Waals surface area contributed by atoms with E-state index >= 15 is 0 Å². The van der Waals surface area contributed by atoms with Crippen LogP contribution in [0.25, 0.3) is 6.08 Å². The molecule has 190 valence electrons. The maximum absolute atomic E-state index is 13.1. The lowest BCUT2D eigenvalue weighted by Gasteiger charge is -2.15. The molecule has 2 N–H and O–H groups in total. The first kappa shape index (κ1) is 27.2. The number of halogens is 2. The number of rotatable bonds is 9. The molecule has 2 amide bonds. The van der Waals surface area contributed by atoms with Crippen molar-refractivity contribution in [3.8, 4) is 17.6 Å². The Balaban J connectivity index is 1.77. The molecule has 3 aromatic rings. The molecule has 0 spiro atoms. The average molecular weight is 522 g/mol. The van der Waals surface area contributed by atoms with Crippen LogP contribution in [0.2, 0.25) is 5.02 Å². The van der Waals surface area contributed by atoms with Crippen molar-refractivity contribution in [2.24, 2.45) is 0 Å². The van der Waals surface area contributed by atoms with Crippen LogP contribution in [-0.4, -0.2) is 25.0 Å². The first-order valence-electron chi connectivity index (χ1n) is 11.3. The van der Waals surface area contributed by atoms with E-state index in [1.165, 1.54) is 36.4 Å². The van der Waals surface area contributed by atoms with Gasteiger partial charge in [0.15, 0.2) is 18.1 Å². The summed E-state index contributed by atoms with van der Waals surface area (Å²) >= 11 is 6.43. The number of carbonyl (C=O) groups is 2. The summed E-state index contributed by atoms with van der Waals surface area (Å²) in [7, 11) is 0. The van der Waals surface area contributed by atoms with Crippen molar-refractivity contribution < 1.29 is 23.5 Å². The fraction of sp³-hybridized carbons (Fsp3) is 0.179. The largest absolute Gasteiger partial charge is 0.490 e. The van der Waals surface area contributed by atoms with Gasteiger partial charge in [0.05, 0.1) is 11.6 Å². The van der Waals surface area contributed by atoms with Crippen LogP contribution in [0, 0.1) is 31.0 Å². The zero-order valence-electron chi connectivity index (χ0n) is 20.5. The second-order valence-electron chi connectivity index (χ2n) is 8.05. The molecule has 0 aromatic heterocycles. The summed E-state index contributed by atoms with van der Waals surface area (Å²) in [5.74, 6) is -1.09. The van der Waals surface area contributed by atoms with Gasteiger partial charge >= 0.3 is 0 Å². The fourth-order valence-corrected chi connectivity index (χ4v) is 3.59. The normalized spacial score (nSPS) is 10.9. The molecule has 0 bridgehead atoms. The summed E-state index contributed by atoms with van der Waals surface area (Å²) in [6, 6.07) is 15.8. The Morgan fingerprint density at radius 3 is 2.46 bits per heavy atom. The maximum Gasteiger partial charge on any atom is 0.266 e. The molecular formula is C28H25ClFN3O4. The first-order valence-corrected chi connectivity index (χ1v) is 11.7. The molecule has 0 aliphatic rings. The van der Waals surface area contributed by atoms with E-state index in [4.69, 9.17) is 21.1 Å². The van der Waals surface area contributed by atoms with Gasteiger partial charge in [0.2, 0.25) is 0 Å². The molecule has 0 atom stereocenters. The quantitative estimate of drug-likeness (QED) is 0.263. The van der Waals surface area contributed by atoms with Crippen molar-refractivity contribution in [1.82, 2.24) is 0 Å². The lowest BCUT2D eigenvalue weighted by molar-refractivity contribution is -0.118. The molecule has 0 heterocycles. The molecule has 0 aliphatic heterocycles. The van der Waals surface area contributed by atoms with Crippen LogP contribution in [0.15, 0.2) is 60.2 Å². The number of aryl methyl sites for hydroxylation is 2. The molecule has 3 rings (SSSR count). The highest BCUT2D eigenvalue weighted by Gasteiger charge is 2.16. The number of carbonyl (C=O) groups excluding carboxylic acids is 2. The van der Waals surface area contributed by atoms with Gasteiger partial charge in [-0.25, -0.2) is 4.39 Å². The van der Waals surface area contributed by atoms with Gasteiger partial charge in [-0.1, -0.05) is 23.7 Å². The third-order valence-corrected chi connectivity index (χ3v) is 5.41. The first-order chi connectivity index (χ1) is 17.7. The highest BCUT2D eigenvalue weighted by molar-refractivity contribution is 6.32. The van der Waals surface area contributed by atoms with Gasteiger partial charge in [0, 0.05) is 11.4 Å². The molecule has 3 aromatic carbocycles. The van der Waals surface area contributed by atoms with Crippen molar-refractivity contribution in [2.75, 3.05) is 23.8 Å². The maximum atomic E-state index is 13.1. The van der Waals surface area contributed by atoms with Crippen LogP contribution in [0.4, 0.5) is 15.8 Å². The predicted octanol–water partition coefficient (Wildman–Crippen LogP) is 6.06. The van der Waals surface area contributed by atoms with Gasteiger partial charge in [-0.3, -0.25) is 9.59 Å². The molecule has 0 saturated carbocycles. The Hall–Kier alpha value is -4.35. The predicted molar refractivity (Wildman–Crippen MR) is 141 cm³/mol. The van der Waals surface area contributed by atoms with Crippen LogP contribution < -0.4 is 20.1 Å². The number of hydrogen-bond donors (Lipinski definition) is 2. The lowest BCUT2D eigenvalue weighted by Crippen LogP contribution is -2.21. The number of benzene rings is 3. The number of anilines is 2. The molecule has 0 aliphatic carbocycles. The number of hydrogen-bond acceptors (Lipinski definition) is 5. The van der Waals surface area contributed by atoms with Crippen LogP contribution in [0.1, 0.15) is 23.6 Å². The number of nitriles is 1. The van der Waals surface area contributed by atoms with Gasteiger partial charge in [-0.2, -0.15) is 5.26 Å². The van der Waals surface area contributed by atoms with Crippen LogP contribution in [0.5, 0.6) is 11.5 Å². The van der Waals surface area contributed by atoms with Crippen molar-refractivity contribution >= 4 is 40.9 Å². The molecule has 0 fully saturated rings. The smallest absolute Gasteiger partial charge is 0.266 e. The van der Waals surface area contributed by atoms with E-state index in [2.05, 4.69) is 10.6 Å². The standard InChI is InChI=1S/C28H25ClFN3O4/c1-4-36-25-14-19(12-20(15-31)28(35)32-22-9-7-21(30)8-10-22)13-23(29)27(25)37-16-26(34)33-24-11-17(2)5-6-18(24)3/h5-14H,4,16H2,1-3H3,(H,32,35)(H,33,34)/b20-12+. The number of nitrogens with zero attached hydrogens (tertiary/aromatic N) is 1. The zero-order valence-corrected chi connectivity index (χ0v) is 21.3. The SMILES string of the molecule is CCOc1cc(/C=C(\C#N)C(=O)Nc2ccc(F)cc2)cc(Cl)c1OCC(=O)Nc1cc(C)ccc1C. The third kappa shape index (κ3) is 7.56. The number of amides is 2. The Morgan fingerprint density at radius 1 is 1.05 bits per heavy atom. The average Bonchev–Trinajstić information content (AvgIpc) is 2.85. The van der Waals surface area contributed by atoms with Crippen LogP contribution in [-0.2, 0) is 9.59 Å². The van der Waals surface area contributed by atoms with E-state index in [1.54, 1.807) is 13.0 Å². The van der Waals surface area contributed by atoms with Crippen molar-refractivity contribution in [2.45, 2.75) is 20.8 Å². The molecule has 9 heteroatoms. The van der Waals surface area contributed by atoms with Gasteiger partial charge in [-0.05, 0) is 86.0 Å². The Morgan fingerprint density at radius 2 is 1.78 bits per heavy atom. The van der Waals surface area contributed by atoms with E-state index < -0.39 is 11.7 Å². The van der Waals surface area contributed by atoms with Crippen LogP contribution >= 0.6 is 11.6 Å². The third-order valence-electron chi connectivity index (χ3n) is 5.12. The molecule has 0 saturated heterocycles. The highest BCUT2D eigenvalue weighted by atomic mass is 35.5. The van der Waals surface area contributed by atoms with Gasteiger partial charge < -0.3 is 20.1 Å². The van der Waals surface area contributed by atoms with Crippen LogP contribution in [0.3, 0.4) is 0 Å². The Bertz CT molecular complexity index is 1380. The number of ether oxygens (including phenoxy) is 2. The molecule has 0 radical (unpaired) electrons. The van der Waals surface area contributed by atoms with E-state index in [-0.39, 0.29) is 41.2 Å². The zero-order chi connectivity index (χ0) is 26.9. The molecular weight excluding hydrogens is 497 g/mol. The fourth-order valence-electron chi connectivity index (χ4n) is 3.32. The monoisotopic (exact) mass is 521 g/mol. The minimum absolute atomic E-state index is 0.132. The van der Waals surface area contributed by atoms with Gasteiger partial charge in [0.25, 0.3) is 11.8 Å². The number of nitrogens with one attached hydrogen (secondary N) is 2. The minimum Gasteiger partial charge on any atom is -0.490 e. The lowest BCUT2D eigenvalue weighted by atomic mass is 10.1. The summed E-state index contributed by atoms with van der Waals surface area (Å²) in [4.78, 5) is 25.0. The van der Waals surface area contributed by atoms with E-state index in [9.17, 15) is 19.2 Å². The summed E-state index contributed by atoms with van der Waals surface area (Å²) in [6.45, 7) is 5.56. The second kappa shape index (κ2) is 12.6. The van der Waals surface area contributed by atoms with Crippen molar-refractivity contribution in [1.29, 1.82) is 5.26 Å². The Kier molecular flexibility index (Phi) is 9.25. The molecule has 7 nitrogen and oxygen atoms in total. The van der Waals surface area contributed by atoms with Gasteiger partial charge in [-0.15, -0.1) is 0 Å². The van der Waals surface area contributed by atoms with E-state index in [0.717, 1.165) is 11.1 Å². The minimum atomic E-state index is -0.674. The molecule has 0 unspecified atom stereocenters. The van der Waals surface area contributed by atoms with E-state index in [0.29, 0.717) is 16.9 Å². The van der Waals surface area contributed by atoms with Crippen molar-refractivity contribution in [3.05, 3.63) is 87.7 Å². The summed E-state index contributed by atoms with van der Waals surface area (Å²) in [5, 5.41) is 15.0. The summed E-state index contributed by atoms with van der Waals surface area (Å²) in [5.41, 5.74) is 3.16. The highest BCUT2D eigenvalue weighted by Crippen LogP contribution is 2.37. The van der Waals surface area contributed by atoms with E-state index in [1.807, 2.05) is 38.1 Å². The topological polar surface area (TPSA) is 100 Å². The summed E-state index contributed by atoms with van der Waals surface area (Å²) in [6.07, 6.45) is 1.34. The van der Waals surface area contributed by atoms with Gasteiger partial charge in [0.1, 0.15) is 17.5 Å². The second-order valence-corrected chi connectivity index (χ2v) is 8.46. The molecule has 37 heavy (non-hydrogen) atoms.